The van der Waals surface area contributed by atoms with E-state index in [4.69, 9.17) is 9.40 Å². The highest BCUT2D eigenvalue weighted by Crippen LogP contribution is 2.30. The van der Waals surface area contributed by atoms with E-state index < -0.39 is 0 Å². The summed E-state index contributed by atoms with van der Waals surface area (Å²) in [5.41, 5.74) is 2.10. The third-order valence-corrected chi connectivity index (χ3v) is 3.91. The van der Waals surface area contributed by atoms with Crippen molar-refractivity contribution >= 4 is 22.7 Å². The Balaban J connectivity index is 2.00. The molecule has 0 bridgehead atoms. The summed E-state index contributed by atoms with van der Waals surface area (Å²) in [5, 5.41) is 13.8. The minimum atomic E-state index is 0.521. The molecule has 2 heterocycles. The van der Waals surface area contributed by atoms with Gasteiger partial charge in [0.1, 0.15) is 5.03 Å². The molecule has 0 atom stereocenters. The molecule has 5 nitrogen and oxygen atoms in total. The molecule has 0 amide bonds. The summed E-state index contributed by atoms with van der Waals surface area (Å²) in [5.74, 6) is 0.562. The second-order valence-electron chi connectivity index (χ2n) is 4.61. The van der Waals surface area contributed by atoms with Gasteiger partial charge < -0.3 is 9.73 Å². The highest BCUT2D eigenvalue weighted by molar-refractivity contribution is 7.99. The molecule has 0 saturated carbocycles. The number of pyridine rings is 1. The molecule has 108 valence electrons. The average molecular weight is 300 g/mol. The smallest absolute Gasteiger partial charge is 0.282 e. The molecule has 0 aliphatic carbocycles. The molecule has 0 saturated heterocycles. The lowest BCUT2D eigenvalue weighted by molar-refractivity contribution is 0.429. The summed E-state index contributed by atoms with van der Waals surface area (Å²) < 4.78 is 5.44. The third-order valence-electron chi connectivity index (χ3n) is 3.02. The number of nitrogens with zero attached hydrogens (tertiary/aromatic N) is 3. The Labute approximate surface area is 127 Å². The number of benzene rings is 1. The summed E-state index contributed by atoms with van der Waals surface area (Å²) in [6.45, 7) is 5.55. The van der Waals surface area contributed by atoms with E-state index in [-0.39, 0.29) is 0 Å². The fourth-order valence-electron chi connectivity index (χ4n) is 2.02. The molecule has 0 aliphatic heterocycles. The van der Waals surface area contributed by atoms with Gasteiger partial charge in [-0.2, -0.15) is 0 Å². The summed E-state index contributed by atoms with van der Waals surface area (Å²) in [4.78, 5) is 4.73. The molecule has 0 fully saturated rings. The van der Waals surface area contributed by atoms with Crippen molar-refractivity contribution in [2.75, 3.05) is 6.54 Å². The molecular formula is C15H16N4OS. The van der Waals surface area contributed by atoms with Crippen LogP contribution in [0, 0.1) is 6.92 Å². The number of fused-ring (bicyclic) bond motifs is 1. The molecule has 2 aromatic heterocycles. The fourth-order valence-corrected chi connectivity index (χ4v) is 2.83. The van der Waals surface area contributed by atoms with E-state index in [0.717, 1.165) is 34.6 Å². The Hall–Kier alpha value is -1.92. The first-order valence-corrected chi connectivity index (χ1v) is 7.65. The third kappa shape index (κ3) is 3.22. The largest absolute Gasteiger partial charge is 0.416 e. The normalized spacial score (nSPS) is 11.1. The standard InChI is InChI=1S/C15H16N4OS/c1-3-16-9-12-8-11-6-4-5-7-13(11)17-14(12)21-15-19-18-10(2)20-15/h4-8,16H,3,9H2,1-2H3. The van der Waals surface area contributed by atoms with E-state index >= 15 is 0 Å². The van der Waals surface area contributed by atoms with Gasteiger partial charge in [0, 0.05) is 18.9 Å². The van der Waals surface area contributed by atoms with Crippen molar-refractivity contribution in [3.8, 4) is 0 Å². The lowest BCUT2D eigenvalue weighted by atomic mass is 10.1. The Morgan fingerprint density at radius 3 is 2.86 bits per heavy atom. The molecule has 0 unspecified atom stereocenters. The second-order valence-corrected chi connectivity index (χ2v) is 5.55. The van der Waals surface area contributed by atoms with Gasteiger partial charge in [0.15, 0.2) is 0 Å². The lowest BCUT2D eigenvalue weighted by Gasteiger charge is -2.09. The van der Waals surface area contributed by atoms with Crippen LogP contribution in [0.4, 0.5) is 0 Å². The molecule has 6 heteroatoms. The predicted octanol–water partition coefficient (Wildman–Crippen LogP) is 3.19. The summed E-state index contributed by atoms with van der Waals surface area (Å²) in [6, 6.07) is 10.3. The first-order chi connectivity index (χ1) is 10.3. The Morgan fingerprint density at radius 1 is 1.24 bits per heavy atom. The van der Waals surface area contributed by atoms with Crippen molar-refractivity contribution in [2.45, 2.75) is 30.6 Å². The monoisotopic (exact) mass is 300 g/mol. The van der Waals surface area contributed by atoms with E-state index in [1.165, 1.54) is 11.8 Å². The molecule has 0 radical (unpaired) electrons. The van der Waals surface area contributed by atoms with Crippen LogP contribution in [-0.2, 0) is 6.54 Å². The zero-order valence-electron chi connectivity index (χ0n) is 12.0. The minimum Gasteiger partial charge on any atom is -0.416 e. The molecular weight excluding hydrogens is 284 g/mol. The van der Waals surface area contributed by atoms with Gasteiger partial charge in [0.25, 0.3) is 5.22 Å². The van der Waals surface area contributed by atoms with Crippen LogP contribution in [0.1, 0.15) is 18.4 Å². The first kappa shape index (κ1) is 14.0. The summed E-state index contributed by atoms with van der Waals surface area (Å²) in [7, 11) is 0. The van der Waals surface area contributed by atoms with Gasteiger partial charge in [-0.05, 0) is 36.0 Å². The molecule has 3 aromatic rings. The fraction of sp³-hybridized carbons (Fsp3) is 0.267. The van der Waals surface area contributed by atoms with E-state index in [0.29, 0.717) is 11.1 Å². The number of hydrogen-bond donors (Lipinski definition) is 1. The molecule has 1 N–H and O–H groups in total. The van der Waals surface area contributed by atoms with Gasteiger partial charge in [-0.1, -0.05) is 25.1 Å². The molecule has 0 spiro atoms. The number of aryl methyl sites for hydroxylation is 1. The van der Waals surface area contributed by atoms with Gasteiger partial charge in [-0.3, -0.25) is 0 Å². The molecule has 0 aliphatic rings. The average Bonchev–Trinajstić information content (AvgIpc) is 2.90. The van der Waals surface area contributed by atoms with Crippen LogP contribution in [0.5, 0.6) is 0 Å². The number of aromatic nitrogens is 3. The maximum atomic E-state index is 5.44. The topological polar surface area (TPSA) is 63.8 Å². The van der Waals surface area contributed by atoms with E-state index in [1.54, 1.807) is 6.92 Å². The van der Waals surface area contributed by atoms with Crippen molar-refractivity contribution in [3.63, 3.8) is 0 Å². The van der Waals surface area contributed by atoms with Gasteiger partial charge in [-0.15, -0.1) is 10.2 Å². The van der Waals surface area contributed by atoms with Crippen LogP contribution in [0.15, 0.2) is 45.0 Å². The van der Waals surface area contributed by atoms with Crippen LogP contribution in [0.25, 0.3) is 10.9 Å². The zero-order chi connectivity index (χ0) is 14.7. The van der Waals surface area contributed by atoms with Gasteiger partial charge in [0.2, 0.25) is 5.89 Å². The maximum Gasteiger partial charge on any atom is 0.282 e. The Kier molecular flexibility index (Phi) is 4.17. The zero-order valence-corrected chi connectivity index (χ0v) is 12.8. The lowest BCUT2D eigenvalue weighted by Crippen LogP contribution is -2.13. The van der Waals surface area contributed by atoms with E-state index in [2.05, 4.69) is 34.6 Å². The van der Waals surface area contributed by atoms with Crippen LogP contribution in [0.2, 0.25) is 0 Å². The molecule has 1 aromatic carbocycles. The van der Waals surface area contributed by atoms with Crippen molar-refractivity contribution in [2.24, 2.45) is 0 Å². The van der Waals surface area contributed by atoms with Gasteiger partial charge in [-0.25, -0.2) is 4.98 Å². The highest BCUT2D eigenvalue weighted by atomic mass is 32.2. The highest BCUT2D eigenvalue weighted by Gasteiger charge is 2.12. The van der Waals surface area contributed by atoms with Crippen molar-refractivity contribution < 1.29 is 4.42 Å². The number of para-hydroxylation sites is 1. The van der Waals surface area contributed by atoms with Gasteiger partial charge in [0.05, 0.1) is 5.52 Å². The summed E-state index contributed by atoms with van der Waals surface area (Å²) >= 11 is 1.41. The minimum absolute atomic E-state index is 0.521. The Bertz CT molecular complexity index is 756. The molecule has 21 heavy (non-hydrogen) atoms. The number of rotatable bonds is 5. The van der Waals surface area contributed by atoms with Gasteiger partial charge >= 0.3 is 0 Å². The van der Waals surface area contributed by atoms with E-state index in [9.17, 15) is 0 Å². The number of nitrogens with one attached hydrogen (secondary N) is 1. The van der Waals surface area contributed by atoms with Crippen molar-refractivity contribution in [3.05, 3.63) is 41.8 Å². The number of hydrogen-bond acceptors (Lipinski definition) is 6. The van der Waals surface area contributed by atoms with Crippen molar-refractivity contribution in [1.29, 1.82) is 0 Å². The quantitative estimate of drug-likeness (QED) is 0.780. The van der Waals surface area contributed by atoms with Crippen LogP contribution >= 0.6 is 11.8 Å². The predicted molar refractivity (Wildman–Crippen MR) is 82.3 cm³/mol. The molecule has 3 rings (SSSR count). The van der Waals surface area contributed by atoms with Crippen LogP contribution < -0.4 is 5.32 Å². The van der Waals surface area contributed by atoms with Crippen LogP contribution in [-0.4, -0.2) is 21.7 Å². The maximum absolute atomic E-state index is 5.44. The van der Waals surface area contributed by atoms with Crippen LogP contribution in [0.3, 0.4) is 0 Å². The Morgan fingerprint density at radius 2 is 2.10 bits per heavy atom. The van der Waals surface area contributed by atoms with E-state index in [1.807, 2.05) is 18.2 Å². The first-order valence-electron chi connectivity index (χ1n) is 6.83. The SMILES string of the molecule is CCNCc1cc2ccccc2nc1Sc1nnc(C)o1. The van der Waals surface area contributed by atoms with Crippen molar-refractivity contribution in [1.82, 2.24) is 20.5 Å². The second kappa shape index (κ2) is 6.24. The summed E-state index contributed by atoms with van der Waals surface area (Å²) in [6.07, 6.45) is 0.